The maximum Gasteiger partial charge on any atom is 0.140 e. The van der Waals surface area contributed by atoms with Crippen LogP contribution in [-0.4, -0.2) is 9.55 Å². The van der Waals surface area contributed by atoms with Crippen molar-refractivity contribution in [2.24, 2.45) is 7.05 Å². The zero-order chi connectivity index (χ0) is 17.2. The van der Waals surface area contributed by atoms with Crippen molar-refractivity contribution in [2.45, 2.75) is 0 Å². The summed E-state index contributed by atoms with van der Waals surface area (Å²) in [6, 6.07) is 29.1. The van der Waals surface area contributed by atoms with Crippen molar-refractivity contribution in [1.29, 1.82) is 0 Å². The first-order valence-corrected chi connectivity index (χ1v) is 8.97. The van der Waals surface area contributed by atoms with Gasteiger partial charge in [0.05, 0.1) is 11.4 Å². The number of hydrogen-bond acceptors (Lipinski definition) is 1. The van der Waals surface area contributed by atoms with Gasteiger partial charge < -0.3 is 4.57 Å². The molecule has 25 heavy (non-hydrogen) atoms. The van der Waals surface area contributed by atoms with Gasteiger partial charge in [-0.05, 0) is 12.1 Å². The highest BCUT2D eigenvalue weighted by molar-refractivity contribution is 9.10. The van der Waals surface area contributed by atoms with Crippen LogP contribution < -0.4 is 0 Å². The number of benzene rings is 3. The molecule has 0 saturated carbocycles. The molecule has 0 amide bonds. The van der Waals surface area contributed by atoms with Crippen LogP contribution in [0.3, 0.4) is 0 Å². The van der Waals surface area contributed by atoms with Crippen LogP contribution in [0.1, 0.15) is 0 Å². The van der Waals surface area contributed by atoms with E-state index < -0.39 is 0 Å². The van der Waals surface area contributed by atoms with E-state index in [2.05, 4.69) is 88.2 Å². The Bertz CT molecular complexity index is 1000. The van der Waals surface area contributed by atoms with Crippen LogP contribution in [0.4, 0.5) is 0 Å². The van der Waals surface area contributed by atoms with Crippen molar-refractivity contribution in [3.8, 4) is 33.9 Å². The van der Waals surface area contributed by atoms with Crippen molar-refractivity contribution >= 4 is 15.9 Å². The van der Waals surface area contributed by atoms with Crippen LogP contribution in [0, 0.1) is 0 Å². The molecule has 0 bridgehead atoms. The third-order valence-corrected chi connectivity index (χ3v) is 4.77. The monoisotopic (exact) mass is 388 g/mol. The maximum absolute atomic E-state index is 5.01. The van der Waals surface area contributed by atoms with Crippen LogP contribution in [0.15, 0.2) is 89.4 Å². The van der Waals surface area contributed by atoms with Crippen LogP contribution in [-0.2, 0) is 7.05 Å². The third-order valence-electron chi connectivity index (χ3n) is 4.27. The quantitative estimate of drug-likeness (QED) is 0.409. The molecule has 0 saturated heterocycles. The molecule has 0 spiro atoms. The molecule has 122 valence electrons. The first-order valence-electron chi connectivity index (χ1n) is 8.17. The molecule has 2 nitrogen and oxygen atoms in total. The van der Waals surface area contributed by atoms with E-state index >= 15 is 0 Å². The Morgan fingerprint density at radius 1 is 0.720 bits per heavy atom. The van der Waals surface area contributed by atoms with Gasteiger partial charge in [-0.2, -0.15) is 0 Å². The molecule has 1 aromatic heterocycles. The average Bonchev–Trinajstić information content (AvgIpc) is 3.00. The van der Waals surface area contributed by atoms with Crippen molar-refractivity contribution in [1.82, 2.24) is 9.55 Å². The molecule has 3 aromatic carbocycles. The summed E-state index contributed by atoms with van der Waals surface area (Å²) in [5.41, 5.74) is 5.51. The van der Waals surface area contributed by atoms with Gasteiger partial charge in [0.1, 0.15) is 5.82 Å². The van der Waals surface area contributed by atoms with E-state index in [1.54, 1.807) is 0 Å². The van der Waals surface area contributed by atoms with Crippen molar-refractivity contribution in [3.63, 3.8) is 0 Å². The number of aromatic nitrogens is 2. The van der Waals surface area contributed by atoms with E-state index in [0.29, 0.717) is 0 Å². The van der Waals surface area contributed by atoms with Crippen molar-refractivity contribution < 1.29 is 0 Å². The molecule has 1 heterocycles. The Kier molecular flexibility index (Phi) is 4.24. The summed E-state index contributed by atoms with van der Waals surface area (Å²) < 4.78 is 3.23. The molecular weight excluding hydrogens is 372 g/mol. The number of nitrogens with zero attached hydrogens (tertiary/aromatic N) is 2. The summed E-state index contributed by atoms with van der Waals surface area (Å²) in [5, 5.41) is 0. The summed E-state index contributed by atoms with van der Waals surface area (Å²) in [6.07, 6.45) is 0. The zero-order valence-corrected chi connectivity index (χ0v) is 15.4. The highest BCUT2D eigenvalue weighted by Crippen LogP contribution is 2.35. The number of rotatable bonds is 3. The van der Waals surface area contributed by atoms with Gasteiger partial charge in [0, 0.05) is 28.2 Å². The van der Waals surface area contributed by atoms with Gasteiger partial charge in [0.15, 0.2) is 0 Å². The predicted molar refractivity (Wildman–Crippen MR) is 107 cm³/mol. The minimum atomic E-state index is 0.957. The van der Waals surface area contributed by atoms with E-state index in [4.69, 9.17) is 4.98 Å². The van der Waals surface area contributed by atoms with E-state index in [-0.39, 0.29) is 0 Å². The lowest BCUT2D eigenvalue weighted by Gasteiger charge is -2.08. The van der Waals surface area contributed by atoms with Crippen molar-refractivity contribution in [3.05, 3.63) is 89.4 Å². The summed E-state index contributed by atoms with van der Waals surface area (Å²) in [6.45, 7) is 0. The molecule has 4 aromatic rings. The normalized spacial score (nSPS) is 10.8. The topological polar surface area (TPSA) is 17.8 Å². The SMILES string of the molecule is Cn1c(-c2cccc(Br)c2)nc(-c2ccccc2)c1-c1ccccc1. The van der Waals surface area contributed by atoms with Gasteiger partial charge in [-0.3, -0.25) is 0 Å². The van der Waals surface area contributed by atoms with E-state index in [0.717, 1.165) is 38.4 Å². The third kappa shape index (κ3) is 3.03. The molecule has 3 heteroatoms. The van der Waals surface area contributed by atoms with Crippen LogP contribution in [0.5, 0.6) is 0 Å². The second-order valence-corrected chi connectivity index (χ2v) is 6.85. The second kappa shape index (κ2) is 6.69. The molecule has 0 unspecified atom stereocenters. The average molecular weight is 389 g/mol. The van der Waals surface area contributed by atoms with Gasteiger partial charge >= 0.3 is 0 Å². The Hall–Kier alpha value is -2.65. The van der Waals surface area contributed by atoms with Crippen molar-refractivity contribution in [2.75, 3.05) is 0 Å². The van der Waals surface area contributed by atoms with Gasteiger partial charge in [-0.1, -0.05) is 88.7 Å². The molecule has 0 radical (unpaired) electrons. The summed E-state index contributed by atoms with van der Waals surface area (Å²) in [5.74, 6) is 0.957. The molecule has 0 atom stereocenters. The zero-order valence-electron chi connectivity index (χ0n) is 13.9. The first kappa shape index (κ1) is 15.9. The summed E-state index contributed by atoms with van der Waals surface area (Å²) in [7, 11) is 2.08. The largest absolute Gasteiger partial charge is 0.327 e. The summed E-state index contributed by atoms with van der Waals surface area (Å²) >= 11 is 3.56. The molecular formula is C22H17BrN2. The van der Waals surface area contributed by atoms with E-state index in [1.807, 2.05) is 24.3 Å². The molecule has 0 N–H and O–H groups in total. The fourth-order valence-electron chi connectivity index (χ4n) is 3.11. The smallest absolute Gasteiger partial charge is 0.140 e. The van der Waals surface area contributed by atoms with Gasteiger partial charge in [0.25, 0.3) is 0 Å². The highest BCUT2D eigenvalue weighted by Gasteiger charge is 2.18. The van der Waals surface area contributed by atoms with Gasteiger partial charge in [-0.15, -0.1) is 0 Å². The first-order chi connectivity index (χ1) is 12.2. The minimum Gasteiger partial charge on any atom is -0.327 e. The minimum absolute atomic E-state index is 0.957. The Morgan fingerprint density at radius 2 is 1.32 bits per heavy atom. The lowest BCUT2D eigenvalue weighted by molar-refractivity contribution is 0.933. The predicted octanol–water partition coefficient (Wildman–Crippen LogP) is 6.18. The van der Waals surface area contributed by atoms with E-state index in [9.17, 15) is 0 Å². The fraction of sp³-hybridized carbons (Fsp3) is 0.0455. The maximum atomic E-state index is 5.01. The van der Waals surface area contributed by atoms with Crippen LogP contribution >= 0.6 is 15.9 Å². The number of halogens is 1. The molecule has 0 aliphatic rings. The van der Waals surface area contributed by atoms with Gasteiger partial charge in [-0.25, -0.2) is 4.98 Å². The standard InChI is InChI=1S/C22H17BrN2/c1-25-21(17-11-6-3-7-12-17)20(16-9-4-2-5-10-16)24-22(25)18-13-8-14-19(23)15-18/h2-15H,1H3. The van der Waals surface area contributed by atoms with Crippen LogP contribution in [0.2, 0.25) is 0 Å². The molecule has 0 aliphatic heterocycles. The lowest BCUT2D eigenvalue weighted by atomic mass is 10.1. The Labute approximate surface area is 155 Å². The molecule has 0 aliphatic carbocycles. The Balaban J connectivity index is 1.99. The lowest BCUT2D eigenvalue weighted by Crippen LogP contribution is -1.95. The molecule has 0 fully saturated rings. The summed E-state index contributed by atoms with van der Waals surface area (Å²) in [4.78, 5) is 5.01. The highest BCUT2D eigenvalue weighted by atomic mass is 79.9. The number of imidazole rings is 1. The number of hydrogen-bond donors (Lipinski definition) is 0. The second-order valence-electron chi connectivity index (χ2n) is 5.93. The molecule has 4 rings (SSSR count). The van der Waals surface area contributed by atoms with E-state index in [1.165, 1.54) is 0 Å². The fourth-order valence-corrected chi connectivity index (χ4v) is 3.51. The Morgan fingerprint density at radius 3 is 1.96 bits per heavy atom. The van der Waals surface area contributed by atoms with Gasteiger partial charge in [0.2, 0.25) is 0 Å². The van der Waals surface area contributed by atoms with Crippen LogP contribution in [0.25, 0.3) is 33.9 Å².